The molecule has 0 amide bonds. The van der Waals surface area contributed by atoms with Gasteiger partial charge in [-0.1, -0.05) is 149 Å². The van der Waals surface area contributed by atoms with Crippen LogP contribution in [-0.4, -0.2) is 0 Å². The van der Waals surface area contributed by atoms with Crippen molar-refractivity contribution in [2.75, 3.05) is 4.90 Å². The Morgan fingerprint density at radius 2 is 1.18 bits per heavy atom. The van der Waals surface area contributed by atoms with Crippen molar-refractivity contribution in [1.29, 1.82) is 0 Å². The van der Waals surface area contributed by atoms with E-state index in [4.69, 9.17) is 0 Å². The van der Waals surface area contributed by atoms with Crippen LogP contribution < -0.4 is 4.90 Å². The minimum absolute atomic E-state index is 0.174. The molecule has 1 nitrogen and oxygen atoms in total. The normalized spacial score (nSPS) is 20.8. The Labute approximate surface area is 339 Å². The van der Waals surface area contributed by atoms with Crippen LogP contribution in [0.3, 0.4) is 0 Å². The first-order valence-electron chi connectivity index (χ1n) is 21.9. The summed E-state index contributed by atoms with van der Waals surface area (Å²) in [5.41, 5.74) is 17.3. The van der Waals surface area contributed by atoms with Crippen LogP contribution in [0.25, 0.3) is 44.2 Å². The summed E-state index contributed by atoms with van der Waals surface area (Å²) in [5, 5.41) is 2.65. The van der Waals surface area contributed by atoms with Crippen LogP contribution in [0.2, 0.25) is 0 Å². The van der Waals surface area contributed by atoms with Gasteiger partial charge >= 0.3 is 0 Å². The van der Waals surface area contributed by atoms with Gasteiger partial charge in [0, 0.05) is 16.7 Å². The van der Waals surface area contributed by atoms with Crippen molar-refractivity contribution in [2.45, 2.75) is 88.9 Å². The van der Waals surface area contributed by atoms with Gasteiger partial charge in [0.1, 0.15) is 0 Å². The molecule has 57 heavy (non-hydrogen) atoms. The first kappa shape index (κ1) is 34.8. The minimum Gasteiger partial charge on any atom is -0.310 e. The highest BCUT2D eigenvalue weighted by Gasteiger charge is 2.41. The molecule has 0 aliphatic heterocycles. The van der Waals surface area contributed by atoms with Gasteiger partial charge in [-0.2, -0.15) is 0 Å². The average Bonchev–Trinajstić information content (AvgIpc) is 3.97. The van der Waals surface area contributed by atoms with E-state index in [-0.39, 0.29) is 5.41 Å². The lowest BCUT2D eigenvalue weighted by molar-refractivity contribution is 0.420. The monoisotopic (exact) mass is 739 g/mol. The zero-order valence-corrected chi connectivity index (χ0v) is 33.6. The van der Waals surface area contributed by atoms with Crippen LogP contribution >= 0.6 is 0 Å². The number of hydrogen-bond acceptors (Lipinski definition) is 1. The number of rotatable bonds is 7. The van der Waals surface area contributed by atoms with Gasteiger partial charge in [0.05, 0.1) is 11.4 Å². The summed E-state index contributed by atoms with van der Waals surface area (Å²) < 4.78 is 0. The fourth-order valence-electron chi connectivity index (χ4n) is 11.7. The number of fused-ring (bicyclic) bond motifs is 6. The van der Waals surface area contributed by atoms with E-state index in [0.29, 0.717) is 11.8 Å². The molecule has 4 aliphatic carbocycles. The second-order valence-electron chi connectivity index (χ2n) is 18.3. The maximum atomic E-state index is 2.68. The molecule has 0 heterocycles. The molecule has 0 aromatic heterocycles. The molecule has 4 aliphatic rings. The van der Waals surface area contributed by atoms with Gasteiger partial charge in [0.15, 0.2) is 0 Å². The summed E-state index contributed by atoms with van der Waals surface area (Å²) in [7, 11) is 0. The summed E-state index contributed by atoms with van der Waals surface area (Å²) in [4.78, 5) is 2.68. The molecule has 0 saturated heterocycles. The number of benzene rings is 7. The average molecular weight is 740 g/mol. The van der Waals surface area contributed by atoms with E-state index in [9.17, 15) is 0 Å². The van der Waals surface area contributed by atoms with Crippen LogP contribution in [-0.2, 0) is 5.41 Å². The van der Waals surface area contributed by atoms with Gasteiger partial charge in [-0.25, -0.2) is 0 Å². The highest BCUT2D eigenvalue weighted by Crippen LogP contribution is 2.56. The second kappa shape index (κ2) is 13.9. The van der Waals surface area contributed by atoms with E-state index in [1.807, 2.05) is 0 Å². The third kappa shape index (κ3) is 5.96. The highest BCUT2D eigenvalue weighted by molar-refractivity contribution is 5.98. The Kier molecular flexibility index (Phi) is 8.50. The molecule has 3 unspecified atom stereocenters. The fourth-order valence-corrected chi connectivity index (χ4v) is 11.7. The summed E-state index contributed by atoms with van der Waals surface area (Å²) in [6, 6.07) is 58.4. The second-order valence-corrected chi connectivity index (χ2v) is 18.3. The lowest BCUT2D eigenvalue weighted by atomic mass is 9.80. The standard InChI is InChI=1S/C56H53N/c1-56(2)52-33-44(38-14-6-3-7-15-38)26-29-47(52)51-35-50(40-18-10-5-11-19-40)55(36-53(51)56)57(46-27-24-41(25-28-46)48-31-37-22-23-45(48)30-37)54-34-43-21-13-12-20-42(43)32-49(54)39-16-8-4-9-17-39/h3,5-7,10-15,18-21,24-29,32-37,39,45,48H,4,8-9,16-17,22-23,30-31H2,1-2H3. The predicted octanol–water partition coefficient (Wildman–Crippen LogP) is 15.9. The van der Waals surface area contributed by atoms with Crippen molar-refractivity contribution in [1.82, 2.24) is 0 Å². The summed E-state index contributed by atoms with van der Waals surface area (Å²) >= 11 is 0. The van der Waals surface area contributed by atoms with Crippen molar-refractivity contribution in [3.8, 4) is 33.4 Å². The predicted molar refractivity (Wildman–Crippen MR) is 241 cm³/mol. The Balaban J connectivity index is 1.15. The number of anilines is 3. The zero-order chi connectivity index (χ0) is 38.1. The van der Waals surface area contributed by atoms with Crippen molar-refractivity contribution >= 4 is 27.8 Å². The summed E-state index contributed by atoms with van der Waals surface area (Å²) in [6.45, 7) is 4.88. The van der Waals surface area contributed by atoms with E-state index >= 15 is 0 Å². The Morgan fingerprint density at radius 1 is 0.491 bits per heavy atom. The maximum Gasteiger partial charge on any atom is 0.0543 e. The molecule has 3 fully saturated rings. The van der Waals surface area contributed by atoms with E-state index in [1.165, 1.54) is 136 Å². The third-order valence-corrected chi connectivity index (χ3v) is 14.7. The summed E-state index contributed by atoms with van der Waals surface area (Å²) in [5.74, 6) is 3.05. The first-order chi connectivity index (χ1) is 28.0. The van der Waals surface area contributed by atoms with E-state index in [1.54, 1.807) is 5.56 Å². The number of hydrogen-bond donors (Lipinski definition) is 0. The van der Waals surface area contributed by atoms with Gasteiger partial charge in [-0.15, -0.1) is 0 Å². The molecule has 3 atom stereocenters. The molecule has 282 valence electrons. The first-order valence-corrected chi connectivity index (χ1v) is 21.9. The molecule has 0 spiro atoms. The van der Waals surface area contributed by atoms with Gasteiger partial charge in [-0.3, -0.25) is 0 Å². The molecule has 1 heteroatoms. The van der Waals surface area contributed by atoms with Gasteiger partial charge in [0.25, 0.3) is 0 Å². The van der Waals surface area contributed by atoms with Crippen molar-refractivity contribution in [2.24, 2.45) is 11.8 Å². The van der Waals surface area contributed by atoms with E-state index in [2.05, 4.69) is 170 Å². The Morgan fingerprint density at radius 3 is 1.88 bits per heavy atom. The van der Waals surface area contributed by atoms with Crippen molar-refractivity contribution in [3.05, 3.63) is 174 Å². The van der Waals surface area contributed by atoms with Crippen LogP contribution in [0, 0.1) is 11.8 Å². The Bertz CT molecular complexity index is 2590. The zero-order valence-electron chi connectivity index (χ0n) is 33.6. The minimum atomic E-state index is -0.174. The van der Waals surface area contributed by atoms with Crippen LogP contribution in [0.1, 0.15) is 106 Å². The topological polar surface area (TPSA) is 3.24 Å². The molecule has 7 aromatic carbocycles. The Hall–Kier alpha value is -5.40. The highest BCUT2D eigenvalue weighted by atomic mass is 15.1. The summed E-state index contributed by atoms with van der Waals surface area (Å²) in [6.07, 6.45) is 12.1. The van der Waals surface area contributed by atoms with Gasteiger partial charge in [-0.05, 0) is 159 Å². The SMILES string of the molecule is CC1(C)c2cc(-c3ccccc3)ccc2-c2cc(-c3ccccc3)c(N(c3ccc(C4CC5CCC4C5)cc3)c3cc4ccccc4cc3C3CCCCC3)cc21. The quantitative estimate of drug-likeness (QED) is 0.157. The molecule has 2 bridgehead atoms. The number of nitrogens with zero attached hydrogens (tertiary/aromatic N) is 1. The molecule has 3 saturated carbocycles. The van der Waals surface area contributed by atoms with Crippen LogP contribution in [0.4, 0.5) is 17.1 Å². The molecule has 7 aromatic rings. The molecule has 0 radical (unpaired) electrons. The van der Waals surface area contributed by atoms with Crippen LogP contribution in [0.15, 0.2) is 152 Å². The fraction of sp³-hybridized carbons (Fsp3) is 0.286. The van der Waals surface area contributed by atoms with Crippen LogP contribution in [0.5, 0.6) is 0 Å². The lowest BCUT2D eigenvalue weighted by Gasteiger charge is -2.34. The lowest BCUT2D eigenvalue weighted by Crippen LogP contribution is -2.19. The maximum absolute atomic E-state index is 2.68. The largest absolute Gasteiger partial charge is 0.310 e. The van der Waals surface area contributed by atoms with Crippen molar-refractivity contribution < 1.29 is 0 Å². The van der Waals surface area contributed by atoms with Gasteiger partial charge < -0.3 is 4.90 Å². The smallest absolute Gasteiger partial charge is 0.0543 e. The molecule has 11 rings (SSSR count). The molecular formula is C56H53N. The van der Waals surface area contributed by atoms with E-state index < -0.39 is 0 Å². The van der Waals surface area contributed by atoms with Gasteiger partial charge in [0.2, 0.25) is 0 Å². The van der Waals surface area contributed by atoms with E-state index in [0.717, 1.165) is 11.8 Å². The molecule has 0 N–H and O–H groups in total. The van der Waals surface area contributed by atoms with Crippen molar-refractivity contribution in [3.63, 3.8) is 0 Å². The molecular weight excluding hydrogens is 687 g/mol. The third-order valence-electron chi connectivity index (χ3n) is 14.7.